The average Bonchev–Trinajstić information content (AvgIpc) is 2.54. The van der Waals surface area contributed by atoms with E-state index in [2.05, 4.69) is 5.32 Å². The van der Waals surface area contributed by atoms with Gasteiger partial charge in [-0.3, -0.25) is 4.79 Å². The number of ether oxygens (including phenoxy) is 1. The van der Waals surface area contributed by atoms with Crippen molar-refractivity contribution in [1.29, 1.82) is 0 Å². The van der Waals surface area contributed by atoms with E-state index in [1.807, 2.05) is 56.3 Å². The molecule has 22 heavy (non-hydrogen) atoms. The first-order chi connectivity index (χ1) is 10.5. The summed E-state index contributed by atoms with van der Waals surface area (Å²) in [5.41, 5.74) is 1.83. The third-order valence-electron chi connectivity index (χ3n) is 3.72. The molecule has 2 unspecified atom stereocenters. The molecule has 0 fully saturated rings. The van der Waals surface area contributed by atoms with Crippen LogP contribution < -0.4 is 10.1 Å². The van der Waals surface area contributed by atoms with Crippen LogP contribution in [0.25, 0.3) is 0 Å². The van der Waals surface area contributed by atoms with Crippen molar-refractivity contribution in [2.45, 2.75) is 25.8 Å². The summed E-state index contributed by atoms with van der Waals surface area (Å²) in [6.07, 6.45) is 0. The molecule has 1 N–H and O–H groups in total. The average molecular weight is 318 g/mol. The van der Waals surface area contributed by atoms with Crippen molar-refractivity contribution in [2.75, 3.05) is 7.11 Å². The third kappa shape index (κ3) is 3.80. The minimum Gasteiger partial charge on any atom is -0.497 e. The van der Waals surface area contributed by atoms with Crippen LogP contribution in [-0.2, 0) is 4.79 Å². The van der Waals surface area contributed by atoms with Crippen molar-refractivity contribution in [3.63, 3.8) is 0 Å². The van der Waals surface area contributed by atoms with Crippen molar-refractivity contribution < 1.29 is 9.53 Å². The highest BCUT2D eigenvalue weighted by Gasteiger charge is 2.19. The van der Waals surface area contributed by atoms with E-state index in [1.165, 1.54) is 0 Å². The molecule has 0 aromatic heterocycles. The van der Waals surface area contributed by atoms with Gasteiger partial charge in [-0.15, -0.1) is 0 Å². The van der Waals surface area contributed by atoms with Crippen LogP contribution in [0.15, 0.2) is 48.5 Å². The molecule has 3 nitrogen and oxygen atoms in total. The Hall–Kier alpha value is -2.00. The number of hydrogen-bond donors (Lipinski definition) is 1. The predicted octanol–water partition coefficient (Wildman–Crippen LogP) is 4.33. The van der Waals surface area contributed by atoms with E-state index in [0.717, 1.165) is 16.9 Å². The Labute approximate surface area is 136 Å². The fourth-order valence-electron chi connectivity index (χ4n) is 2.30. The van der Waals surface area contributed by atoms with Crippen LogP contribution in [0.4, 0.5) is 0 Å². The Morgan fingerprint density at radius 1 is 1.14 bits per heavy atom. The number of carbonyl (C=O) groups is 1. The summed E-state index contributed by atoms with van der Waals surface area (Å²) in [6.45, 7) is 3.81. The topological polar surface area (TPSA) is 38.3 Å². The van der Waals surface area contributed by atoms with Gasteiger partial charge in [0, 0.05) is 5.02 Å². The second-order valence-electron chi connectivity index (χ2n) is 5.25. The van der Waals surface area contributed by atoms with Crippen LogP contribution in [0.5, 0.6) is 5.75 Å². The Balaban J connectivity index is 2.09. The zero-order chi connectivity index (χ0) is 16.1. The van der Waals surface area contributed by atoms with Gasteiger partial charge in [0.1, 0.15) is 5.75 Å². The lowest BCUT2D eigenvalue weighted by Crippen LogP contribution is -2.30. The third-order valence-corrected chi connectivity index (χ3v) is 4.06. The molecule has 0 saturated heterocycles. The van der Waals surface area contributed by atoms with Gasteiger partial charge >= 0.3 is 0 Å². The van der Waals surface area contributed by atoms with E-state index in [-0.39, 0.29) is 17.9 Å². The molecule has 0 aliphatic heterocycles. The van der Waals surface area contributed by atoms with E-state index in [1.54, 1.807) is 13.2 Å². The molecule has 4 heteroatoms. The number of nitrogens with one attached hydrogen (secondary N) is 1. The molecular formula is C18H20ClNO2. The summed E-state index contributed by atoms with van der Waals surface area (Å²) in [5.74, 6) is 0.419. The first-order valence-electron chi connectivity index (χ1n) is 7.21. The van der Waals surface area contributed by atoms with Crippen LogP contribution in [0.3, 0.4) is 0 Å². The Kier molecular flexibility index (Phi) is 5.45. The molecule has 1 amide bonds. The smallest absolute Gasteiger partial charge is 0.227 e. The number of methoxy groups -OCH3 is 1. The van der Waals surface area contributed by atoms with Crippen molar-refractivity contribution in [3.8, 4) is 5.75 Å². The Morgan fingerprint density at radius 3 is 2.55 bits per heavy atom. The molecule has 116 valence electrons. The van der Waals surface area contributed by atoms with Crippen molar-refractivity contribution >= 4 is 17.5 Å². The number of rotatable bonds is 5. The van der Waals surface area contributed by atoms with Gasteiger partial charge in [-0.05, 0) is 43.2 Å². The molecule has 0 heterocycles. The Morgan fingerprint density at radius 2 is 1.86 bits per heavy atom. The van der Waals surface area contributed by atoms with Crippen molar-refractivity contribution in [2.24, 2.45) is 0 Å². The van der Waals surface area contributed by atoms with E-state index < -0.39 is 0 Å². The number of halogens is 1. The summed E-state index contributed by atoms with van der Waals surface area (Å²) in [5, 5.41) is 3.63. The van der Waals surface area contributed by atoms with Crippen LogP contribution in [0.1, 0.15) is 36.9 Å². The van der Waals surface area contributed by atoms with Gasteiger partial charge in [0.15, 0.2) is 0 Å². The molecular weight excluding hydrogens is 298 g/mol. The highest BCUT2D eigenvalue weighted by molar-refractivity contribution is 6.31. The molecule has 0 aliphatic carbocycles. The summed E-state index contributed by atoms with van der Waals surface area (Å²) >= 11 is 6.16. The first-order valence-corrected chi connectivity index (χ1v) is 7.59. The van der Waals surface area contributed by atoms with Crippen LogP contribution in [0, 0.1) is 0 Å². The quantitative estimate of drug-likeness (QED) is 0.891. The maximum Gasteiger partial charge on any atom is 0.227 e. The molecule has 0 radical (unpaired) electrons. The lowest BCUT2D eigenvalue weighted by atomic mass is 9.99. The van der Waals surface area contributed by atoms with Gasteiger partial charge < -0.3 is 10.1 Å². The SMILES string of the molecule is COc1cccc(C(C)NC(=O)C(C)c2ccccc2Cl)c1. The molecule has 2 aromatic rings. The molecule has 0 spiro atoms. The van der Waals surface area contributed by atoms with Gasteiger partial charge in [0.25, 0.3) is 0 Å². The highest BCUT2D eigenvalue weighted by Crippen LogP contribution is 2.25. The van der Waals surface area contributed by atoms with Crippen molar-refractivity contribution in [1.82, 2.24) is 5.32 Å². The minimum atomic E-state index is -0.304. The van der Waals surface area contributed by atoms with Gasteiger partial charge in [-0.25, -0.2) is 0 Å². The second kappa shape index (κ2) is 7.32. The molecule has 0 aliphatic rings. The highest BCUT2D eigenvalue weighted by atomic mass is 35.5. The number of amides is 1. The predicted molar refractivity (Wildman–Crippen MR) is 89.4 cm³/mol. The summed E-state index contributed by atoms with van der Waals surface area (Å²) in [7, 11) is 1.63. The number of benzene rings is 2. The minimum absolute atomic E-state index is 0.0524. The van der Waals surface area contributed by atoms with E-state index in [0.29, 0.717) is 5.02 Å². The maximum absolute atomic E-state index is 12.4. The van der Waals surface area contributed by atoms with Crippen LogP contribution >= 0.6 is 11.6 Å². The summed E-state index contributed by atoms with van der Waals surface area (Å²) in [4.78, 5) is 12.4. The number of hydrogen-bond acceptors (Lipinski definition) is 2. The van der Waals surface area contributed by atoms with E-state index in [9.17, 15) is 4.79 Å². The van der Waals surface area contributed by atoms with Gasteiger partial charge in [-0.2, -0.15) is 0 Å². The van der Waals surface area contributed by atoms with Gasteiger partial charge in [-0.1, -0.05) is 41.9 Å². The second-order valence-corrected chi connectivity index (χ2v) is 5.66. The molecule has 2 aromatic carbocycles. The zero-order valence-electron chi connectivity index (χ0n) is 13.0. The fourth-order valence-corrected chi connectivity index (χ4v) is 2.60. The van der Waals surface area contributed by atoms with Gasteiger partial charge in [0.05, 0.1) is 19.1 Å². The molecule has 2 atom stereocenters. The van der Waals surface area contributed by atoms with Crippen molar-refractivity contribution in [3.05, 3.63) is 64.7 Å². The molecule has 0 saturated carbocycles. The van der Waals surface area contributed by atoms with E-state index >= 15 is 0 Å². The summed E-state index contributed by atoms with van der Waals surface area (Å²) < 4.78 is 5.21. The fraction of sp³-hybridized carbons (Fsp3) is 0.278. The van der Waals surface area contributed by atoms with Gasteiger partial charge in [0.2, 0.25) is 5.91 Å². The Bertz CT molecular complexity index is 657. The lowest BCUT2D eigenvalue weighted by Gasteiger charge is -2.19. The standard InChI is InChI=1S/C18H20ClNO2/c1-12(16-9-4-5-10-17(16)19)18(21)20-13(2)14-7-6-8-15(11-14)22-3/h4-13H,1-3H3,(H,20,21). The van der Waals surface area contributed by atoms with E-state index in [4.69, 9.17) is 16.3 Å². The zero-order valence-corrected chi connectivity index (χ0v) is 13.7. The number of carbonyl (C=O) groups excluding carboxylic acids is 1. The molecule has 0 bridgehead atoms. The first kappa shape index (κ1) is 16.4. The monoisotopic (exact) mass is 317 g/mol. The van der Waals surface area contributed by atoms with Crippen LogP contribution in [-0.4, -0.2) is 13.0 Å². The largest absolute Gasteiger partial charge is 0.497 e. The summed E-state index contributed by atoms with van der Waals surface area (Å²) in [6, 6.07) is 15.0. The molecule has 2 rings (SSSR count). The maximum atomic E-state index is 12.4. The van der Waals surface area contributed by atoms with Crippen LogP contribution in [0.2, 0.25) is 5.02 Å². The normalized spacial score (nSPS) is 13.3. The lowest BCUT2D eigenvalue weighted by molar-refractivity contribution is -0.122.